The van der Waals surface area contributed by atoms with Gasteiger partial charge in [0.2, 0.25) is 0 Å². The summed E-state index contributed by atoms with van der Waals surface area (Å²) in [5.74, 6) is 0.991. The molecule has 0 spiro atoms. The SMILES string of the molecule is NCc1ccc(CNc2ncnc3c2CCC3)cc1. The minimum Gasteiger partial charge on any atom is -0.366 e. The van der Waals surface area contributed by atoms with Crippen LogP contribution in [0.25, 0.3) is 0 Å². The Morgan fingerprint density at radius 2 is 1.84 bits per heavy atom. The molecule has 3 rings (SSSR count). The van der Waals surface area contributed by atoms with Crippen LogP contribution in [-0.2, 0) is 25.9 Å². The van der Waals surface area contributed by atoms with Crippen LogP contribution in [-0.4, -0.2) is 9.97 Å². The maximum absolute atomic E-state index is 5.59. The van der Waals surface area contributed by atoms with Gasteiger partial charge in [-0.25, -0.2) is 9.97 Å². The normalized spacial score (nSPS) is 13.3. The summed E-state index contributed by atoms with van der Waals surface area (Å²) >= 11 is 0. The maximum atomic E-state index is 5.59. The number of nitrogens with two attached hydrogens (primary N) is 1. The molecule has 0 saturated heterocycles. The lowest BCUT2D eigenvalue weighted by Crippen LogP contribution is -2.06. The van der Waals surface area contributed by atoms with Crippen molar-refractivity contribution in [3.8, 4) is 0 Å². The van der Waals surface area contributed by atoms with Crippen LogP contribution in [0.2, 0.25) is 0 Å². The first kappa shape index (κ1) is 12.1. The number of hydrogen-bond donors (Lipinski definition) is 2. The van der Waals surface area contributed by atoms with Gasteiger partial charge in [-0.3, -0.25) is 0 Å². The van der Waals surface area contributed by atoms with Crippen LogP contribution in [0.15, 0.2) is 30.6 Å². The summed E-state index contributed by atoms with van der Waals surface area (Å²) < 4.78 is 0. The third-order valence-electron chi connectivity index (χ3n) is 3.59. The topological polar surface area (TPSA) is 63.8 Å². The van der Waals surface area contributed by atoms with E-state index >= 15 is 0 Å². The van der Waals surface area contributed by atoms with Crippen LogP contribution in [0.4, 0.5) is 5.82 Å². The molecule has 0 bridgehead atoms. The zero-order valence-corrected chi connectivity index (χ0v) is 10.9. The Morgan fingerprint density at radius 1 is 1.05 bits per heavy atom. The largest absolute Gasteiger partial charge is 0.366 e. The van der Waals surface area contributed by atoms with Crippen molar-refractivity contribution in [2.24, 2.45) is 5.73 Å². The molecule has 0 unspecified atom stereocenters. The van der Waals surface area contributed by atoms with E-state index in [1.165, 1.54) is 23.2 Å². The van der Waals surface area contributed by atoms with Gasteiger partial charge in [-0.1, -0.05) is 24.3 Å². The van der Waals surface area contributed by atoms with Crippen LogP contribution in [0.5, 0.6) is 0 Å². The van der Waals surface area contributed by atoms with Crippen molar-refractivity contribution in [2.75, 3.05) is 5.32 Å². The van der Waals surface area contributed by atoms with E-state index < -0.39 is 0 Å². The molecule has 0 fully saturated rings. The van der Waals surface area contributed by atoms with E-state index in [2.05, 4.69) is 39.6 Å². The van der Waals surface area contributed by atoms with E-state index in [0.29, 0.717) is 6.54 Å². The number of hydrogen-bond acceptors (Lipinski definition) is 4. The van der Waals surface area contributed by atoms with E-state index in [-0.39, 0.29) is 0 Å². The summed E-state index contributed by atoms with van der Waals surface area (Å²) in [6, 6.07) is 8.36. The van der Waals surface area contributed by atoms with Gasteiger partial charge in [0.1, 0.15) is 12.1 Å². The summed E-state index contributed by atoms with van der Waals surface area (Å²) in [4.78, 5) is 8.69. The fourth-order valence-corrected chi connectivity index (χ4v) is 2.49. The molecular weight excluding hydrogens is 236 g/mol. The molecule has 0 aliphatic heterocycles. The van der Waals surface area contributed by atoms with Gasteiger partial charge in [-0.15, -0.1) is 0 Å². The predicted molar refractivity (Wildman–Crippen MR) is 75.7 cm³/mol. The summed E-state index contributed by atoms with van der Waals surface area (Å²) in [5, 5.41) is 3.42. The summed E-state index contributed by atoms with van der Waals surface area (Å²) in [6.45, 7) is 1.38. The zero-order chi connectivity index (χ0) is 13.1. The molecule has 4 heteroatoms. The van der Waals surface area contributed by atoms with Gasteiger partial charge in [-0.05, 0) is 30.4 Å². The minimum atomic E-state index is 0.590. The average Bonchev–Trinajstić information content (AvgIpc) is 2.94. The number of aromatic nitrogens is 2. The highest BCUT2D eigenvalue weighted by Gasteiger charge is 2.16. The second kappa shape index (κ2) is 5.36. The van der Waals surface area contributed by atoms with Crippen molar-refractivity contribution in [2.45, 2.75) is 32.4 Å². The van der Waals surface area contributed by atoms with Gasteiger partial charge in [0.15, 0.2) is 0 Å². The summed E-state index contributed by atoms with van der Waals surface area (Å²) in [7, 11) is 0. The lowest BCUT2D eigenvalue weighted by molar-refractivity contribution is 0.899. The molecule has 1 heterocycles. The van der Waals surface area contributed by atoms with Crippen LogP contribution in [0.1, 0.15) is 28.8 Å². The number of fused-ring (bicyclic) bond motifs is 1. The number of benzene rings is 1. The van der Waals surface area contributed by atoms with Gasteiger partial charge in [0.25, 0.3) is 0 Å². The minimum absolute atomic E-state index is 0.590. The zero-order valence-electron chi connectivity index (χ0n) is 10.9. The molecule has 2 aromatic rings. The Morgan fingerprint density at radius 3 is 2.63 bits per heavy atom. The van der Waals surface area contributed by atoms with Crippen LogP contribution in [0, 0.1) is 0 Å². The van der Waals surface area contributed by atoms with Gasteiger partial charge in [0.05, 0.1) is 0 Å². The van der Waals surface area contributed by atoms with Crippen molar-refractivity contribution in [3.63, 3.8) is 0 Å². The van der Waals surface area contributed by atoms with Gasteiger partial charge in [-0.2, -0.15) is 0 Å². The number of nitrogens with one attached hydrogen (secondary N) is 1. The number of rotatable bonds is 4. The third kappa shape index (κ3) is 2.58. The Balaban J connectivity index is 1.70. The van der Waals surface area contributed by atoms with Crippen molar-refractivity contribution in [3.05, 3.63) is 53.0 Å². The second-order valence-electron chi connectivity index (χ2n) is 4.88. The number of anilines is 1. The van der Waals surface area contributed by atoms with E-state index in [4.69, 9.17) is 5.73 Å². The molecule has 4 nitrogen and oxygen atoms in total. The van der Waals surface area contributed by atoms with Crippen molar-refractivity contribution in [1.29, 1.82) is 0 Å². The quantitative estimate of drug-likeness (QED) is 0.876. The lowest BCUT2D eigenvalue weighted by atomic mass is 10.1. The Kier molecular flexibility index (Phi) is 3.42. The second-order valence-corrected chi connectivity index (χ2v) is 4.88. The fourth-order valence-electron chi connectivity index (χ4n) is 2.49. The molecule has 1 aromatic carbocycles. The van der Waals surface area contributed by atoms with E-state index in [9.17, 15) is 0 Å². The first-order chi connectivity index (χ1) is 9.36. The summed E-state index contributed by atoms with van der Waals surface area (Å²) in [6.07, 6.45) is 5.01. The van der Waals surface area contributed by atoms with Crippen LogP contribution >= 0.6 is 0 Å². The van der Waals surface area contributed by atoms with Gasteiger partial charge >= 0.3 is 0 Å². The molecule has 0 amide bonds. The highest BCUT2D eigenvalue weighted by Crippen LogP contribution is 2.25. The Hall–Kier alpha value is -1.94. The van der Waals surface area contributed by atoms with Crippen molar-refractivity contribution < 1.29 is 0 Å². The highest BCUT2D eigenvalue weighted by molar-refractivity contribution is 5.48. The smallest absolute Gasteiger partial charge is 0.133 e. The molecule has 19 heavy (non-hydrogen) atoms. The monoisotopic (exact) mass is 254 g/mol. The first-order valence-corrected chi connectivity index (χ1v) is 6.71. The average molecular weight is 254 g/mol. The van der Waals surface area contributed by atoms with Gasteiger partial charge < -0.3 is 11.1 Å². The number of aryl methyl sites for hydroxylation is 1. The van der Waals surface area contributed by atoms with Gasteiger partial charge in [0, 0.05) is 24.3 Å². The molecule has 1 aliphatic carbocycles. The standard InChI is InChI=1S/C15H18N4/c16-8-11-4-6-12(7-5-11)9-17-15-13-2-1-3-14(13)18-10-19-15/h4-7,10H,1-3,8-9,16H2,(H,17,18,19). The van der Waals surface area contributed by atoms with E-state index in [0.717, 1.165) is 30.8 Å². The van der Waals surface area contributed by atoms with E-state index in [1.807, 2.05) is 0 Å². The molecule has 1 aliphatic rings. The lowest BCUT2D eigenvalue weighted by Gasteiger charge is -2.09. The molecular formula is C15H18N4. The summed E-state index contributed by atoms with van der Waals surface area (Å²) in [5.41, 5.74) is 10.5. The third-order valence-corrected chi connectivity index (χ3v) is 3.59. The van der Waals surface area contributed by atoms with E-state index in [1.54, 1.807) is 6.33 Å². The Bertz CT molecular complexity index is 563. The van der Waals surface area contributed by atoms with Crippen LogP contribution in [0.3, 0.4) is 0 Å². The molecule has 0 atom stereocenters. The molecule has 98 valence electrons. The molecule has 1 aromatic heterocycles. The first-order valence-electron chi connectivity index (χ1n) is 6.71. The fraction of sp³-hybridized carbons (Fsp3) is 0.333. The molecule has 0 radical (unpaired) electrons. The predicted octanol–water partition coefficient (Wildman–Crippen LogP) is 2.04. The number of nitrogens with zero attached hydrogens (tertiary/aromatic N) is 2. The molecule has 0 saturated carbocycles. The highest BCUT2D eigenvalue weighted by atomic mass is 15.0. The molecule has 3 N–H and O–H groups in total. The van der Waals surface area contributed by atoms with Crippen molar-refractivity contribution in [1.82, 2.24) is 9.97 Å². The Labute approximate surface area is 113 Å². The maximum Gasteiger partial charge on any atom is 0.133 e. The van der Waals surface area contributed by atoms with Crippen LogP contribution < -0.4 is 11.1 Å². The van der Waals surface area contributed by atoms with Crippen molar-refractivity contribution >= 4 is 5.82 Å².